The van der Waals surface area contributed by atoms with Crippen molar-refractivity contribution in [3.8, 4) is 17.2 Å². The van der Waals surface area contributed by atoms with E-state index in [-0.39, 0.29) is 5.82 Å². The number of allylic oxidation sites excluding steroid dienone is 1. The quantitative estimate of drug-likeness (QED) is 0.508. The molecule has 32 heavy (non-hydrogen) atoms. The number of benzene rings is 2. The van der Waals surface area contributed by atoms with Gasteiger partial charge in [-0.2, -0.15) is 4.98 Å². The Labute approximate surface area is 193 Å². The summed E-state index contributed by atoms with van der Waals surface area (Å²) in [6.45, 7) is 0. The summed E-state index contributed by atoms with van der Waals surface area (Å²) in [6, 6.07) is 11.0. The number of rotatable bonds is 6. The number of anilines is 1. The molecule has 1 atom stereocenters. The summed E-state index contributed by atoms with van der Waals surface area (Å²) < 4.78 is 24.0. The van der Waals surface area contributed by atoms with Crippen LogP contribution in [0.15, 0.2) is 46.9 Å². The average molecular weight is 501 g/mol. The van der Waals surface area contributed by atoms with Crippen molar-refractivity contribution in [3.63, 3.8) is 0 Å². The van der Waals surface area contributed by atoms with Crippen LogP contribution < -0.4 is 19.5 Å². The highest BCUT2D eigenvalue weighted by molar-refractivity contribution is 9.10. The summed E-state index contributed by atoms with van der Waals surface area (Å²) in [5.41, 5.74) is 2.48. The zero-order valence-corrected chi connectivity index (χ0v) is 19.5. The molecule has 1 aliphatic rings. The van der Waals surface area contributed by atoms with Crippen molar-refractivity contribution >= 4 is 33.5 Å². The highest BCUT2D eigenvalue weighted by Gasteiger charge is 2.31. The van der Waals surface area contributed by atoms with Crippen molar-refractivity contribution in [1.29, 1.82) is 0 Å². The van der Waals surface area contributed by atoms with Crippen LogP contribution >= 0.6 is 15.9 Å². The first kappa shape index (κ1) is 21.7. The molecule has 1 N–H and O–H groups in total. The molecule has 0 bridgehead atoms. The Morgan fingerprint density at radius 2 is 1.84 bits per heavy atom. The fourth-order valence-corrected chi connectivity index (χ4v) is 3.97. The Bertz CT molecular complexity index is 1210. The zero-order valence-electron chi connectivity index (χ0n) is 17.9. The Morgan fingerprint density at radius 3 is 2.50 bits per heavy atom. The van der Waals surface area contributed by atoms with Crippen molar-refractivity contribution in [2.45, 2.75) is 6.04 Å². The van der Waals surface area contributed by atoms with E-state index >= 15 is 0 Å². The topological polar surface area (TPSA) is 96.7 Å². The molecule has 1 aromatic heterocycles. The molecule has 2 aromatic carbocycles. The van der Waals surface area contributed by atoms with Gasteiger partial charge in [0, 0.05) is 15.7 Å². The van der Waals surface area contributed by atoms with Crippen molar-refractivity contribution in [2.75, 3.05) is 33.8 Å². The van der Waals surface area contributed by atoms with Gasteiger partial charge < -0.3 is 24.3 Å². The second-order valence-electron chi connectivity index (χ2n) is 6.78. The normalized spacial score (nSPS) is 14.7. The van der Waals surface area contributed by atoms with Gasteiger partial charge in [0.25, 0.3) is 5.82 Å². The standard InChI is InChI=1S/C22H21BrN4O5/c1-29-17-9-8-14(18(30-2)19(17)31-3)16-11-15(12-6-5-7-13(23)10-12)24-22-25-20(21(28)32-4)26-27(16)22/h5-11,16H,1-4H3,(H,24,25,26)/t16-/m0/s1. The number of carbonyl (C=O) groups excluding carboxylic acids is 1. The Hall–Kier alpha value is -3.53. The van der Waals surface area contributed by atoms with E-state index in [1.807, 2.05) is 36.4 Å². The van der Waals surface area contributed by atoms with Crippen LogP contribution in [0.1, 0.15) is 27.8 Å². The molecule has 4 rings (SSSR count). The number of hydrogen-bond donors (Lipinski definition) is 1. The first-order valence-corrected chi connectivity index (χ1v) is 10.4. The first-order chi connectivity index (χ1) is 15.5. The monoisotopic (exact) mass is 500 g/mol. The van der Waals surface area contributed by atoms with Crippen LogP contribution in [0.3, 0.4) is 0 Å². The second kappa shape index (κ2) is 8.91. The van der Waals surface area contributed by atoms with Gasteiger partial charge in [-0.05, 0) is 35.9 Å². The van der Waals surface area contributed by atoms with Crippen molar-refractivity contribution in [1.82, 2.24) is 14.8 Å². The lowest BCUT2D eigenvalue weighted by Gasteiger charge is -2.26. The van der Waals surface area contributed by atoms with Crippen LogP contribution in [-0.2, 0) is 4.74 Å². The number of carbonyl (C=O) groups is 1. The van der Waals surface area contributed by atoms with E-state index in [1.54, 1.807) is 32.1 Å². The number of halogens is 1. The molecular formula is C22H21BrN4O5. The van der Waals surface area contributed by atoms with E-state index < -0.39 is 12.0 Å². The number of hydrogen-bond acceptors (Lipinski definition) is 8. The fraction of sp³-hybridized carbons (Fsp3) is 0.227. The van der Waals surface area contributed by atoms with Gasteiger partial charge in [-0.3, -0.25) is 0 Å². The lowest BCUT2D eigenvalue weighted by atomic mass is 10.00. The summed E-state index contributed by atoms with van der Waals surface area (Å²) in [6.07, 6.45) is 1.98. The lowest BCUT2D eigenvalue weighted by Crippen LogP contribution is -2.21. The van der Waals surface area contributed by atoms with Crippen molar-refractivity contribution < 1.29 is 23.7 Å². The van der Waals surface area contributed by atoms with E-state index in [1.165, 1.54) is 7.11 Å². The van der Waals surface area contributed by atoms with Crippen LogP contribution in [-0.4, -0.2) is 49.2 Å². The van der Waals surface area contributed by atoms with Crippen molar-refractivity contribution in [3.05, 3.63) is 63.9 Å². The molecule has 10 heteroatoms. The first-order valence-electron chi connectivity index (χ1n) is 9.59. The molecule has 3 aromatic rings. The minimum absolute atomic E-state index is 0.0525. The van der Waals surface area contributed by atoms with Crippen LogP contribution in [0, 0.1) is 0 Å². The van der Waals surface area contributed by atoms with Gasteiger partial charge in [-0.15, -0.1) is 5.10 Å². The smallest absolute Gasteiger partial charge is 0.378 e. The predicted molar refractivity (Wildman–Crippen MR) is 121 cm³/mol. The summed E-state index contributed by atoms with van der Waals surface area (Å²) >= 11 is 3.51. The Kier molecular flexibility index (Phi) is 6.04. The van der Waals surface area contributed by atoms with Gasteiger partial charge in [0.15, 0.2) is 11.5 Å². The largest absolute Gasteiger partial charge is 0.493 e. The number of nitrogens with one attached hydrogen (secondary N) is 1. The number of esters is 1. The third-order valence-electron chi connectivity index (χ3n) is 5.02. The highest BCUT2D eigenvalue weighted by Crippen LogP contribution is 2.45. The minimum Gasteiger partial charge on any atom is -0.493 e. The molecule has 1 aliphatic heterocycles. The molecule has 0 unspecified atom stereocenters. The summed E-state index contributed by atoms with van der Waals surface area (Å²) in [5.74, 6) is 1.19. The SMILES string of the molecule is COC(=O)c1nc2n(n1)[C@H](c1ccc(OC)c(OC)c1OC)C=C(c1cccc(Br)c1)N2. The van der Waals surface area contributed by atoms with E-state index in [4.69, 9.17) is 18.9 Å². The van der Waals surface area contributed by atoms with E-state index in [0.717, 1.165) is 21.3 Å². The number of methoxy groups -OCH3 is 4. The Morgan fingerprint density at radius 1 is 1.06 bits per heavy atom. The Balaban J connectivity index is 1.92. The molecule has 0 radical (unpaired) electrons. The molecular weight excluding hydrogens is 480 g/mol. The van der Waals surface area contributed by atoms with Gasteiger partial charge >= 0.3 is 5.97 Å². The van der Waals surface area contributed by atoms with Crippen LogP contribution in [0.4, 0.5) is 5.95 Å². The fourth-order valence-electron chi connectivity index (χ4n) is 3.57. The molecule has 9 nitrogen and oxygen atoms in total. The summed E-state index contributed by atoms with van der Waals surface area (Å²) in [7, 11) is 5.95. The maximum atomic E-state index is 12.1. The summed E-state index contributed by atoms with van der Waals surface area (Å²) in [5, 5.41) is 7.64. The maximum Gasteiger partial charge on any atom is 0.378 e. The molecule has 0 saturated heterocycles. The van der Waals surface area contributed by atoms with Gasteiger partial charge in [0.1, 0.15) is 6.04 Å². The van der Waals surface area contributed by atoms with Gasteiger partial charge in [0.05, 0.1) is 28.4 Å². The zero-order chi connectivity index (χ0) is 22.8. The van der Waals surface area contributed by atoms with Crippen molar-refractivity contribution in [2.24, 2.45) is 0 Å². The molecule has 0 spiro atoms. The molecule has 2 heterocycles. The molecule has 0 saturated carbocycles. The molecule has 0 aliphatic carbocycles. The minimum atomic E-state index is -0.629. The van der Waals surface area contributed by atoms with E-state index in [2.05, 4.69) is 31.3 Å². The third kappa shape index (κ3) is 3.77. The van der Waals surface area contributed by atoms with Gasteiger partial charge in [-0.1, -0.05) is 28.1 Å². The second-order valence-corrected chi connectivity index (χ2v) is 7.69. The van der Waals surface area contributed by atoms with Gasteiger partial charge in [0.2, 0.25) is 11.7 Å². The lowest BCUT2D eigenvalue weighted by molar-refractivity contribution is 0.0586. The highest BCUT2D eigenvalue weighted by atomic mass is 79.9. The number of ether oxygens (including phenoxy) is 4. The predicted octanol–water partition coefficient (Wildman–Crippen LogP) is 3.91. The van der Waals surface area contributed by atoms with E-state index in [9.17, 15) is 4.79 Å². The van der Waals surface area contributed by atoms with Crippen LogP contribution in [0.2, 0.25) is 0 Å². The maximum absolute atomic E-state index is 12.1. The third-order valence-corrected chi connectivity index (χ3v) is 5.52. The number of fused-ring (bicyclic) bond motifs is 1. The molecule has 0 amide bonds. The van der Waals surface area contributed by atoms with Gasteiger partial charge in [-0.25, -0.2) is 9.48 Å². The average Bonchev–Trinajstić information content (AvgIpc) is 3.26. The van der Waals surface area contributed by atoms with Crippen LogP contribution in [0.25, 0.3) is 5.70 Å². The molecule has 166 valence electrons. The number of aromatic nitrogens is 3. The molecule has 0 fully saturated rings. The van der Waals surface area contributed by atoms with Crippen LogP contribution in [0.5, 0.6) is 17.2 Å². The number of nitrogens with zero attached hydrogens (tertiary/aromatic N) is 3. The summed E-state index contributed by atoms with van der Waals surface area (Å²) in [4.78, 5) is 16.4. The van der Waals surface area contributed by atoms with E-state index in [0.29, 0.717) is 23.2 Å².